The predicted molar refractivity (Wildman–Crippen MR) is 29.4 cm³/mol. The zero-order valence-corrected chi connectivity index (χ0v) is 6.01. The summed E-state index contributed by atoms with van der Waals surface area (Å²) in [7, 11) is 0. The van der Waals surface area contributed by atoms with E-state index in [1.54, 1.807) is 0 Å². The topological polar surface area (TPSA) is 0 Å². The van der Waals surface area contributed by atoms with Crippen molar-refractivity contribution in [1.82, 2.24) is 0 Å². The number of allylic oxidation sites excluding steroid dienone is 1. The summed E-state index contributed by atoms with van der Waals surface area (Å²) in [5.41, 5.74) is -5.26. The van der Waals surface area contributed by atoms with Gasteiger partial charge in [-0.15, -0.1) is 0 Å². The Kier molecular flexibility index (Phi) is 3.01. The minimum absolute atomic E-state index is 0.0129. The number of hydrogen-bond acceptors (Lipinski definition) is 0. The summed E-state index contributed by atoms with van der Waals surface area (Å²) in [6.45, 7) is 4.34. The Morgan fingerprint density at radius 1 is 0.846 bits per heavy atom. The summed E-state index contributed by atoms with van der Waals surface area (Å²) in [6, 6.07) is 0. The molecule has 77 valence electrons. The molecule has 0 aliphatic rings. The van der Waals surface area contributed by atoms with E-state index in [9.17, 15) is 30.7 Å². The minimum atomic E-state index is -6.01. The molecular weight excluding hydrogens is 205 g/mol. The first-order valence-corrected chi connectivity index (χ1v) is 2.92. The maximum absolute atomic E-state index is 12.4. The van der Waals surface area contributed by atoms with Gasteiger partial charge in [0.05, 0.1) is 0 Å². The standard InChI is InChI=1S/C6H4F7/c1-2-3-4(7,5(8,9)10)6(11,12)13/h1-2H,3H2. The molecule has 0 nitrogen and oxygen atoms in total. The summed E-state index contributed by atoms with van der Waals surface area (Å²) in [5, 5.41) is 0. The third kappa shape index (κ3) is 2.13. The van der Waals surface area contributed by atoms with Crippen LogP contribution in [0.4, 0.5) is 30.7 Å². The Morgan fingerprint density at radius 2 is 1.15 bits per heavy atom. The number of halogens is 7. The van der Waals surface area contributed by atoms with Crippen molar-refractivity contribution in [3.8, 4) is 0 Å². The molecule has 0 unspecified atom stereocenters. The molecule has 0 rings (SSSR count). The fraction of sp³-hybridized carbons (Fsp3) is 0.667. The molecule has 0 spiro atoms. The van der Waals surface area contributed by atoms with Gasteiger partial charge >= 0.3 is 18.0 Å². The van der Waals surface area contributed by atoms with Gasteiger partial charge in [-0.25, -0.2) is 4.39 Å². The Hall–Kier alpha value is -0.750. The van der Waals surface area contributed by atoms with Crippen molar-refractivity contribution in [3.05, 3.63) is 12.7 Å². The Balaban J connectivity index is 5.07. The van der Waals surface area contributed by atoms with Crippen LogP contribution in [0, 0.1) is 6.58 Å². The molecule has 0 saturated heterocycles. The lowest BCUT2D eigenvalue weighted by Crippen LogP contribution is -2.52. The molecule has 0 aliphatic heterocycles. The largest absolute Gasteiger partial charge is 0.431 e. The minimum Gasteiger partial charge on any atom is -0.223 e. The highest BCUT2D eigenvalue weighted by molar-refractivity contribution is 4.98. The van der Waals surface area contributed by atoms with Gasteiger partial charge in [0.25, 0.3) is 0 Å². The highest BCUT2D eigenvalue weighted by Gasteiger charge is 2.71. The Bertz CT molecular complexity index is 172. The van der Waals surface area contributed by atoms with Gasteiger partial charge < -0.3 is 0 Å². The molecule has 0 N–H and O–H groups in total. The number of rotatable bonds is 2. The molecule has 13 heavy (non-hydrogen) atoms. The normalized spacial score (nSPS) is 14.4. The van der Waals surface area contributed by atoms with Gasteiger partial charge in [0.15, 0.2) is 0 Å². The van der Waals surface area contributed by atoms with Crippen molar-refractivity contribution in [2.75, 3.05) is 0 Å². The highest BCUT2D eigenvalue weighted by atomic mass is 19.4. The van der Waals surface area contributed by atoms with E-state index in [0.717, 1.165) is 0 Å². The van der Waals surface area contributed by atoms with Crippen molar-refractivity contribution in [3.63, 3.8) is 0 Å². The summed E-state index contributed by atoms with van der Waals surface area (Å²) >= 11 is 0. The van der Waals surface area contributed by atoms with Crippen LogP contribution in [0.3, 0.4) is 0 Å². The number of hydrogen-bond donors (Lipinski definition) is 0. The maximum atomic E-state index is 12.4. The summed E-state index contributed by atoms with van der Waals surface area (Å²) in [4.78, 5) is 0. The molecule has 0 bridgehead atoms. The van der Waals surface area contributed by atoms with Gasteiger partial charge in [0.1, 0.15) is 0 Å². The van der Waals surface area contributed by atoms with Gasteiger partial charge in [-0.3, -0.25) is 0 Å². The molecule has 0 heterocycles. The second-order valence-corrected chi connectivity index (χ2v) is 2.24. The van der Waals surface area contributed by atoms with E-state index in [-0.39, 0.29) is 6.08 Å². The second-order valence-electron chi connectivity index (χ2n) is 2.24. The van der Waals surface area contributed by atoms with Gasteiger partial charge in [0, 0.05) is 6.42 Å². The zero-order valence-electron chi connectivity index (χ0n) is 6.01. The first-order valence-electron chi connectivity index (χ1n) is 2.92. The van der Waals surface area contributed by atoms with E-state index in [2.05, 4.69) is 6.58 Å². The van der Waals surface area contributed by atoms with E-state index >= 15 is 0 Å². The van der Waals surface area contributed by atoms with Crippen LogP contribution in [0.1, 0.15) is 6.42 Å². The van der Waals surface area contributed by atoms with Gasteiger partial charge in [0.2, 0.25) is 0 Å². The average Bonchev–Trinajstić information content (AvgIpc) is 1.82. The number of alkyl halides is 7. The lowest BCUT2D eigenvalue weighted by atomic mass is 10.0. The van der Waals surface area contributed by atoms with Crippen LogP contribution in [-0.4, -0.2) is 18.0 Å². The first-order chi connectivity index (χ1) is 5.56. The molecule has 0 saturated carbocycles. The monoisotopic (exact) mass is 209 g/mol. The first kappa shape index (κ1) is 12.2. The molecule has 0 aliphatic carbocycles. The van der Waals surface area contributed by atoms with Gasteiger partial charge in [-0.1, -0.05) is 12.7 Å². The van der Waals surface area contributed by atoms with E-state index in [4.69, 9.17) is 0 Å². The molecule has 0 aromatic rings. The van der Waals surface area contributed by atoms with Crippen molar-refractivity contribution >= 4 is 0 Å². The summed E-state index contributed by atoms with van der Waals surface area (Å²) in [6.07, 6.45) is -14.0. The highest BCUT2D eigenvalue weighted by Crippen LogP contribution is 2.48. The SMILES string of the molecule is [CH]=CCC(F)(C(F)(F)F)C(F)(F)F. The van der Waals surface area contributed by atoms with Crippen LogP contribution in [-0.2, 0) is 0 Å². The predicted octanol–water partition coefficient (Wildman–Crippen LogP) is 3.20. The van der Waals surface area contributed by atoms with Crippen LogP contribution < -0.4 is 0 Å². The van der Waals surface area contributed by atoms with Crippen LogP contribution in [0.2, 0.25) is 0 Å². The van der Waals surface area contributed by atoms with Gasteiger partial charge in [-0.2, -0.15) is 26.3 Å². The Morgan fingerprint density at radius 3 is 1.23 bits per heavy atom. The molecule has 0 fully saturated rings. The second kappa shape index (κ2) is 3.19. The molecule has 0 aromatic heterocycles. The Labute approximate surface area is 69.0 Å². The van der Waals surface area contributed by atoms with Crippen LogP contribution >= 0.6 is 0 Å². The van der Waals surface area contributed by atoms with Crippen LogP contribution in [0.5, 0.6) is 0 Å². The average molecular weight is 209 g/mol. The third-order valence-electron chi connectivity index (χ3n) is 1.30. The smallest absolute Gasteiger partial charge is 0.223 e. The fourth-order valence-corrected chi connectivity index (χ4v) is 0.555. The molecule has 0 aromatic carbocycles. The van der Waals surface area contributed by atoms with Crippen LogP contribution in [0.25, 0.3) is 0 Å². The molecule has 0 atom stereocenters. The van der Waals surface area contributed by atoms with E-state index < -0.39 is 24.4 Å². The fourth-order valence-electron chi connectivity index (χ4n) is 0.555. The quantitative estimate of drug-likeness (QED) is 0.612. The van der Waals surface area contributed by atoms with Crippen LogP contribution in [0.15, 0.2) is 6.08 Å². The molecule has 1 radical (unpaired) electrons. The summed E-state index contributed by atoms with van der Waals surface area (Å²) in [5.74, 6) is 0. The van der Waals surface area contributed by atoms with Crippen molar-refractivity contribution < 1.29 is 30.7 Å². The molecule has 7 heteroatoms. The van der Waals surface area contributed by atoms with E-state index in [1.807, 2.05) is 0 Å². The lowest BCUT2D eigenvalue weighted by molar-refractivity contribution is -0.340. The van der Waals surface area contributed by atoms with Gasteiger partial charge in [-0.05, 0) is 0 Å². The summed E-state index contributed by atoms with van der Waals surface area (Å²) < 4.78 is 82.1. The van der Waals surface area contributed by atoms with E-state index in [1.165, 1.54) is 0 Å². The molecule has 0 amide bonds. The third-order valence-corrected chi connectivity index (χ3v) is 1.30. The van der Waals surface area contributed by atoms with Crippen molar-refractivity contribution in [1.29, 1.82) is 0 Å². The zero-order chi connectivity index (χ0) is 10.9. The maximum Gasteiger partial charge on any atom is 0.431 e. The van der Waals surface area contributed by atoms with Crippen molar-refractivity contribution in [2.45, 2.75) is 24.4 Å². The van der Waals surface area contributed by atoms with Crippen molar-refractivity contribution in [2.24, 2.45) is 0 Å². The lowest BCUT2D eigenvalue weighted by Gasteiger charge is -2.28. The van der Waals surface area contributed by atoms with E-state index in [0.29, 0.717) is 0 Å². The molecular formula is C6H4F7.